The highest BCUT2D eigenvalue weighted by Gasteiger charge is 2.38. The first-order valence-electron chi connectivity index (χ1n) is 7.42. The predicted molar refractivity (Wildman–Crippen MR) is 80.2 cm³/mol. The summed E-state index contributed by atoms with van der Waals surface area (Å²) in [6, 6.07) is 4.46. The Balaban J connectivity index is 2.28. The molecule has 1 unspecified atom stereocenters. The quantitative estimate of drug-likeness (QED) is 0.878. The summed E-state index contributed by atoms with van der Waals surface area (Å²) in [6.07, 6.45) is 6.51. The number of rotatable bonds is 3. The van der Waals surface area contributed by atoms with Crippen LogP contribution in [0.4, 0.5) is 4.39 Å². The lowest BCUT2D eigenvalue weighted by Crippen LogP contribution is -2.38. The van der Waals surface area contributed by atoms with E-state index >= 15 is 0 Å². The van der Waals surface area contributed by atoms with Gasteiger partial charge in [-0.3, -0.25) is 0 Å². The topological polar surface area (TPSA) is 46.2 Å². The Hall–Kier alpha value is -0.640. The standard InChI is InChI=1S/C16H23ClFNO/c17-12-6-7-13(14(18)10-12)15(20)16(11-19)8-4-2-1-3-5-9-16/h6-7,10,15,20H,1-5,8-9,11,19H2. The van der Waals surface area contributed by atoms with Crippen LogP contribution in [-0.4, -0.2) is 11.7 Å². The first kappa shape index (κ1) is 15.7. The zero-order chi connectivity index (χ0) is 14.6. The van der Waals surface area contributed by atoms with Crippen LogP contribution in [0.3, 0.4) is 0 Å². The summed E-state index contributed by atoms with van der Waals surface area (Å²) in [4.78, 5) is 0. The molecule has 1 aromatic rings. The summed E-state index contributed by atoms with van der Waals surface area (Å²) in [6.45, 7) is 0.385. The van der Waals surface area contributed by atoms with E-state index in [0.717, 1.165) is 38.5 Å². The average Bonchev–Trinajstić information content (AvgIpc) is 2.38. The molecule has 0 bridgehead atoms. The van der Waals surface area contributed by atoms with Gasteiger partial charge in [0.1, 0.15) is 5.82 Å². The van der Waals surface area contributed by atoms with Gasteiger partial charge < -0.3 is 10.8 Å². The van der Waals surface area contributed by atoms with E-state index in [9.17, 15) is 9.50 Å². The molecule has 1 aromatic carbocycles. The molecule has 0 heterocycles. The van der Waals surface area contributed by atoms with Crippen molar-refractivity contribution >= 4 is 11.6 Å². The van der Waals surface area contributed by atoms with Crippen LogP contribution >= 0.6 is 11.6 Å². The van der Waals surface area contributed by atoms with Crippen LogP contribution in [-0.2, 0) is 0 Å². The van der Waals surface area contributed by atoms with Gasteiger partial charge in [-0.25, -0.2) is 4.39 Å². The van der Waals surface area contributed by atoms with Crippen LogP contribution < -0.4 is 5.73 Å². The molecule has 1 atom stereocenters. The van der Waals surface area contributed by atoms with Gasteiger partial charge in [0.05, 0.1) is 6.10 Å². The SMILES string of the molecule is NCC1(C(O)c2ccc(Cl)cc2F)CCCCCCC1. The van der Waals surface area contributed by atoms with Gasteiger partial charge in [0.15, 0.2) is 0 Å². The molecule has 1 saturated carbocycles. The molecule has 0 saturated heterocycles. The molecule has 0 radical (unpaired) electrons. The summed E-state index contributed by atoms with van der Waals surface area (Å²) < 4.78 is 14.1. The smallest absolute Gasteiger partial charge is 0.130 e. The van der Waals surface area contributed by atoms with Crippen molar-refractivity contribution in [3.05, 3.63) is 34.6 Å². The van der Waals surface area contributed by atoms with Crippen LogP contribution in [0.1, 0.15) is 56.6 Å². The maximum Gasteiger partial charge on any atom is 0.130 e. The molecule has 3 N–H and O–H groups in total. The highest BCUT2D eigenvalue weighted by Crippen LogP contribution is 2.44. The van der Waals surface area contributed by atoms with Gasteiger partial charge in [0.25, 0.3) is 0 Å². The van der Waals surface area contributed by atoms with E-state index in [2.05, 4.69) is 0 Å². The Labute approximate surface area is 125 Å². The van der Waals surface area contributed by atoms with Crippen LogP contribution in [0.2, 0.25) is 5.02 Å². The van der Waals surface area contributed by atoms with E-state index in [1.807, 2.05) is 0 Å². The van der Waals surface area contributed by atoms with Crippen LogP contribution in [0.5, 0.6) is 0 Å². The van der Waals surface area contributed by atoms with Crippen LogP contribution in [0, 0.1) is 11.2 Å². The van der Waals surface area contributed by atoms with Crippen molar-refractivity contribution in [2.75, 3.05) is 6.54 Å². The Morgan fingerprint density at radius 2 is 1.80 bits per heavy atom. The van der Waals surface area contributed by atoms with E-state index in [0.29, 0.717) is 17.1 Å². The fourth-order valence-corrected chi connectivity index (χ4v) is 3.41. The first-order chi connectivity index (χ1) is 9.59. The minimum Gasteiger partial charge on any atom is -0.388 e. The van der Waals surface area contributed by atoms with E-state index in [-0.39, 0.29) is 0 Å². The van der Waals surface area contributed by atoms with E-state index in [1.165, 1.54) is 12.5 Å². The molecular formula is C16H23ClFNO. The van der Waals surface area contributed by atoms with Crippen molar-refractivity contribution in [1.82, 2.24) is 0 Å². The van der Waals surface area contributed by atoms with E-state index in [4.69, 9.17) is 17.3 Å². The predicted octanol–water partition coefficient (Wildman–Crippen LogP) is 4.20. The van der Waals surface area contributed by atoms with Crippen molar-refractivity contribution in [3.63, 3.8) is 0 Å². The summed E-state index contributed by atoms with van der Waals surface area (Å²) in [5.41, 5.74) is 5.88. The number of aliphatic hydroxyl groups is 1. The summed E-state index contributed by atoms with van der Waals surface area (Å²) in [5.74, 6) is -0.445. The van der Waals surface area contributed by atoms with Crippen LogP contribution in [0.25, 0.3) is 0 Å². The van der Waals surface area contributed by atoms with Crippen molar-refractivity contribution in [2.45, 2.75) is 51.0 Å². The second-order valence-corrected chi connectivity index (χ2v) is 6.34. The van der Waals surface area contributed by atoms with Crippen LogP contribution in [0.15, 0.2) is 18.2 Å². The van der Waals surface area contributed by atoms with Gasteiger partial charge in [-0.05, 0) is 25.0 Å². The fourth-order valence-electron chi connectivity index (χ4n) is 3.25. The van der Waals surface area contributed by atoms with Crippen molar-refractivity contribution < 1.29 is 9.50 Å². The summed E-state index contributed by atoms with van der Waals surface area (Å²) >= 11 is 5.78. The molecule has 1 fully saturated rings. The molecular weight excluding hydrogens is 277 g/mol. The fraction of sp³-hybridized carbons (Fsp3) is 0.625. The lowest BCUT2D eigenvalue weighted by Gasteiger charge is -2.39. The molecule has 2 rings (SSSR count). The van der Waals surface area contributed by atoms with Crippen molar-refractivity contribution in [2.24, 2.45) is 11.1 Å². The van der Waals surface area contributed by atoms with E-state index < -0.39 is 17.3 Å². The minimum absolute atomic E-state index is 0.320. The average molecular weight is 300 g/mol. The normalized spacial score (nSPS) is 21.0. The van der Waals surface area contributed by atoms with E-state index in [1.54, 1.807) is 12.1 Å². The maximum absolute atomic E-state index is 14.1. The van der Waals surface area contributed by atoms with Crippen molar-refractivity contribution in [1.29, 1.82) is 0 Å². The Kier molecular flexibility index (Phi) is 5.42. The molecule has 0 amide bonds. The molecule has 0 spiro atoms. The lowest BCUT2D eigenvalue weighted by molar-refractivity contribution is 0.00615. The number of nitrogens with two attached hydrogens (primary N) is 1. The highest BCUT2D eigenvalue weighted by atomic mass is 35.5. The molecule has 0 aromatic heterocycles. The Morgan fingerprint density at radius 1 is 1.20 bits per heavy atom. The highest BCUT2D eigenvalue weighted by molar-refractivity contribution is 6.30. The number of hydrogen-bond acceptors (Lipinski definition) is 2. The third-order valence-electron chi connectivity index (χ3n) is 4.59. The first-order valence-corrected chi connectivity index (χ1v) is 7.80. The van der Waals surface area contributed by atoms with Gasteiger partial charge in [0, 0.05) is 22.5 Å². The molecule has 1 aliphatic carbocycles. The van der Waals surface area contributed by atoms with Gasteiger partial charge in [-0.15, -0.1) is 0 Å². The maximum atomic E-state index is 14.1. The number of benzene rings is 1. The van der Waals surface area contributed by atoms with Crippen molar-refractivity contribution in [3.8, 4) is 0 Å². The molecule has 4 heteroatoms. The Bertz CT molecular complexity index is 444. The molecule has 0 aliphatic heterocycles. The molecule has 112 valence electrons. The third kappa shape index (κ3) is 3.33. The summed E-state index contributed by atoms with van der Waals surface area (Å²) in [7, 11) is 0. The zero-order valence-electron chi connectivity index (χ0n) is 11.7. The Morgan fingerprint density at radius 3 is 2.35 bits per heavy atom. The zero-order valence-corrected chi connectivity index (χ0v) is 12.5. The molecule has 1 aliphatic rings. The molecule has 20 heavy (non-hydrogen) atoms. The monoisotopic (exact) mass is 299 g/mol. The third-order valence-corrected chi connectivity index (χ3v) is 4.83. The lowest BCUT2D eigenvalue weighted by atomic mass is 9.70. The van der Waals surface area contributed by atoms with Gasteiger partial charge in [0.2, 0.25) is 0 Å². The van der Waals surface area contributed by atoms with Gasteiger partial charge >= 0.3 is 0 Å². The number of hydrogen-bond donors (Lipinski definition) is 2. The number of aliphatic hydroxyl groups excluding tert-OH is 1. The molecule has 2 nitrogen and oxygen atoms in total. The van der Waals surface area contributed by atoms with Gasteiger partial charge in [-0.1, -0.05) is 49.8 Å². The second-order valence-electron chi connectivity index (χ2n) is 5.90. The summed E-state index contributed by atoms with van der Waals surface area (Å²) in [5, 5.41) is 11.1. The number of halogens is 2. The second kappa shape index (κ2) is 6.88. The largest absolute Gasteiger partial charge is 0.388 e. The minimum atomic E-state index is -0.858. The van der Waals surface area contributed by atoms with Gasteiger partial charge in [-0.2, -0.15) is 0 Å².